The maximum absolute atomic E-state index is 4.37. The molecular weight excluding hydrogens is 178 g/mol. The molecule has 1 aliphatic heterocycles. The van der Waals surface area contributed by atoms with Crippen molar-refractivity contribution in [1.82, 2.24) is 0 Å². The van der Waals surface area contributed by atoms with Crippen LogP contribution in [0.2, 0.25) is 0 Å². The predicted octanol–water partition coefficient (Wildman–Crippen LogP) is 3.47. The Hall–Kier alpha value is -0.240. The van der Waals surface area contributed by atoms with Gasteiger partial charge in [-0.1, -0.05) is 26.8 Å². The molecule has 0 radical (unpaired) electrons. The minimum Gasteiger partial charge on any atom is -0.254 e. The number of allylic oxidation sites excluding steroid dienone is 1. The van der Waals surface area contributed by atoms with Crippen LogP contribution in [0.5, 0.6) is 0 Å². The van der Waals surface area contributed by atoms with Crippen LogP contribution < -0.4 is 0 Å². The van der Waals surface area contributed by atoms with Gasteiger partial charge in [-0.25, -0.2) is 0 Å². The number of nitrogens with zero attached hydrogens (tertiary/aromatic N) is 1. The number of thioether (sulfide) groups is 1. The zero-order chi connectivity index (χ0) is 9.47. The van der Waals surface area contributed by atoms with Crippen molar-refractivity contribution in [3.05, 3.63) is 11.8 Å². The number of fused-ring (bicyclic) bond motifs is 1. The number of hydrogen-bond donors (Lipinski definition) is 0. The van der Waals surface area contributed by atoms with Crippen LogP contribution >= 0.6 is 11.8 Å². The standard InChI is InChI=1S/C11H17NS/c1-11(2,3)8-4-5-9-10(6-8)13-7-12-9/h5,7-8,10H,4,6H2,1-3H3. The second-order valence-corrected chi connectivity index (χ2v) is 6.07. The molecule has 0 fully saturated rings. The summed E-state index contributed by atoms with van der Waals surface area (Å²) >= 11 is 1.89. The molecule has 1 nitrogen and oxygen atoms in total. The Morgan fingerprint density at radius 2 is 2.23 bits per heavy atom. The van der Waals surface area contributed by atoms with Crippen molar-refractivity contribution < 1.29 is 0 Å². The molecule has 0 aromatic carbocycles. The van der Waals surface area contributed by atoms with Crippen LogP contribution in [0.3, 0.4) is 0 Å². The van der Waals surface area contributed by atoms with Gasteiger partial charge in [-0.2, -0.15) is 0 Å². The molecule has 13 heavy (non-hydrogen) atoms. The molecule has 2 rings (SSSR count). The van der Waals surface area contributed by atoms with Crippen LogP contribution in [0, 0.1) is 11.3 Å². The van der Waals surface area contributed by atoms with E-state index in [1.807, 2.05) is 17.3 Å². The zero-order valence-electron chi connectivity index (χ0n) is 8.58. The van der Waals surface area contributed by atoms with Crippen LogP contribution in [0.1, 0.15) is 33.6 Å². The Labute approximate surface area is 84.7 Å². The van der Waals surface area contributed by atoms with Crippen LogP contribution in [0.15, 0.2) is 16.8 Å². The quantitative estimate of drug-likeness (QED) is 0.576. The van der Waals surface area contributed by atoms with Crippen LogP contribution in [0.25, 0.3) is 0 Å². The average molecular weight is 195 g/mol. The monoisotopic (exact) mass is 195 g/mol. The first-order chi connectivity index (χ1) is 6.07. The highest BCUT2D eigenvalue weighted by molar-refractivity contribution is 8.13. The van der Waals surface area contributed by atoms with E-state index in [1.54, 1.807) is 0 Å². The van der Waals surface area contributed by atoms with Gasteiger partial charge in [-0.05, 0) is 24.2 Å². The largest absolute Gasteiger partial charge is 0.254 e. The summed E-state index contributed by atoms with van der Waals surface area (Å²) in [4.78, 5) is 4.37. The van der Waals surface area contributed by atoms with Crippen LogP contribution in [-0.2, 0) is 0 Å². The van der Waals surface area contributed by atoms with E-state index >= 15 is 0 Å². The van der Waals surface area contributed by atoms with Crippen molar-refractivity contribution in [1.29, 1.82) is 0 Å². The maximum atomic E-state index is 4.37. The molecule has 0 aromatic rings. The first-order valence-corrected chi connectivity index (χ1v) is 5.90. The molecule has 0 saturated carbocycles. The molecule has 0 N–H and O–H groups in total. The topological polar surface area (TPSA) is 12.4 Å². The highest BCUT2D eigenvalue weighted by Gasteiger charge is 2.33. The van der Waals surface area contributed by atoms with Crippen molar-refractivity contribution >= 4 is 17.3 Å². The van der Waals surface area contributed by atoms with E-state index in [-0.39, 0.29) is 0 Å². The van der Waals surface area contributed by atoms with E-state index in [9.17, 15) is 0 Å². The van der Waals surface area contributed by atoms with Crippen molar-refractivity contribution in [2.45, 2.75) is 38.9 Å². The number of rotatable bonds is 0. The third-order valence-corrected chi connectivity index (χ3v) is 4.08. The molecule has 2 atom stereocenters. The third kappa shape index (κ3) is 1.83. The summed E-state index contributed by atoms with van der Waals surface area (Å²) in [6, 6.07) is 0. The molecular formula is C11H17NS. The molecule has 0 bridgehead atoms. The van der Waals surface area contributed by atoms with Gasteiger partial charge in [-0.15, -0.1) is 11.8 Å². The summed E-state index contributed by atoms with van der Waals surface area (Å²) in [6.45, 7) is 7.03. The third-order valence-electron chi connectivity index (χ3n) is 3.09. The summed E-state index contributed by atoms with van der Waals surface area (Å²) in [5.41, 5.74) is 3.78. The van der Waals surface area contributed by atoms with E-state index in [0.29, 0.717) is 10.7 Å². The van der Waals surface area contributed by atoms with Gasteiger partial charge in [0.15, 0.2) is 0 Å². The lowest BCUT2D eigenvalue weighted by molar-refractivity contribution is 0.223. The summed E-state index contributed by atoms with van der Waals surface area (Å²) in [6.07, 6.45) is 4.85. The molecule has 2 unspecified atom stereocenters. The fourth-order valence-electron chi connectivity index (χ4n) is 2.00. The summed E-state index contributed by atoms with van der Waals surface area (Å²) in [7, 11) is 0. The molecule has 1 aliphatic carbocycles. The van der Waals surface area contributed by atoms with Gasteiger partial charge in [-0.3, -0.25) is 4.99 Å². The molecule has 0 spiro atoms. The van der Waals surface area contributed by atoms with Gasteiger partial charge < -0.3 is 0 Å². The Morgan fingerprint density at radius 3 is 2.92 bits per heavy atom. The molecule has 2 aliphatic rings. The highest BCUT2D eigenvalue weighted by atomic mass is 32.2. The van der Waals surface area contributed by atoms with E-state index in [4.69, 9.17) is 0 Å². The van der Waals surface area contributed by atoms with Crippen molar-refractivity contribution in [3.63, 3.8) is 0 Å². The van der Waals surface area contributed by atoms with Gasteiger partial charge in [0, 0.05) is 0 Å². The normalized spacial score (nSPS) is 33.0. The van der Waals surface area contributed by atoms with Gasteiger partial charge in [0.25, 0.3) is 0 Å². The summed E-state index contributed by atoms with van der Waals surface area (Å²) < 4.78 is 0. The zero-order valence-corrected chi connectivity index (χ0v) is 9.40. The highest BCUT2D eigenvalue weighted by Crippen LogP contribution is 2.42. The van der Waals surface area contributed by atoms with Crippen molar-refractivity contribution in [2.75, 3.05) is 0 Å². The first-order valence-electron chi connectivity index (χ1n) is 4.95. The number of aliphatic imine (C=N–C) groups is 1. The van der Waals surface area contributed by atoms with Crippen molar-refractivity contribution in [3.8, 4) is 0 Å². The average Bonchev–Trinajstić information content (AvgIpc) is 2.47. The minimum absolute atomic E-state index is 0.450. The van der Waals surface area contributed by atoms with Crippen LogP contribution in [-0.4, -0.2) is 10.8 Å². The fourth-order valence-corrected chi connectivity index (χ4v) is 2.97. The molecule has 72 valence electrons. The molecule has 0 saturated heterocycles. The van der Waals surface area contributed by atoms with Gasteiger partial charge >= 0.3 is 0 Å². The Bertz CT molecular complexity index is 260. The Balaban J connectivity index is 2.10. The summed E-state index contributed by atoms with van der Waals surface area (Å²) in [5.74, 6) is 0.829. The number of hydrogen-bond acceptors (Lipinski definition) is 2. The fraction of sp³-hybridized carbons (Fsp3) is 0.727. The maximum Gasteiger partial charge on any atom is 0.0606 e. The lowest BCUT2D eigenvalue weighted by Gasteiger charge is -2.34. The van der Waals surface area contributed by atoms with E-state index in [1.165, 1.54) is 18.5 Å². The SMILES string of the molecule is CC(C)(C)C1CC=C2N=CSC2C1. The van der Waals surface area contributed by atoms with Gasteiger partial charge in [0.05, 0.1) is 16.5 Å². The molecule has 2 heteroatoms. The lowest BCUT2D eigenvalue weighted by atomic mass is 9.74. The van der Waals surface area contributed by atoms with E-state index < -0.39 is 0 Å². The summed E-state index contributed by atoms with van der Waals surface area (Å²) in [5, 5.41) is 0.665. The molecule has 0 amide bonds. The van der Waals surface area contributed by atoms with Crippen LogP contribution in [0.4, 0.5) is 0 Å². The Kier molecular flexibility index (Phi) is 2.26. The first kappa shape index (κ1) is 9.32. The van der Waals surface area contributed by atoms with E-state index in [0.717, 1.165) is 5.92 Å². The minimum atomic E-state index is 0.450. The second kappa shape index (κ2) is 3.16. The lowest BCUT2D eigenvalue weighted by Crippen LogP contribution is -2.26. The van der Waals surface area contributed by atoms with Gasteiger partial charge in [0.2, 0.25) is 0 Å². The van der Waals surface area contributed by atoms with E-state index in [2.05, 4.69) is 31.8 Å². The molecule has 0 aromatic heterocycles. The van der Waals surface area contributed by atoms with Gasteiger partial charge in [0.1, 0.15) is 0 Å². The molecule has 1 heterocycles. The predicted molar refractivity (Wildman–Crippen MR) is 60.1 cm³/mol. The smallest absolute Gasteiger partial charge is 0.0606 e. The Morgan fingerprint density at radius 1 is 1.46 bits per heavy atom. The second-order valence-electron chi connectivity index (χ2n) is 5.02. The van der Waals surface area contributed by atoms with Crippen molar-refractivity contribution in [2.24, 2.45) is 16.3 Å².